The zero-order valence-corrected chi connectivity index (χ0v) is 14.6. The van der Waals surface area contributed by atoms with Crippen LogP contribution in [0.3, 0.4) is 0 Å². The van der Waals surface area contributed by atoms with Crippen LogP contribution in [0.4, 0.5) is 11.5 Å². The highest BCUT2D eigenvalue weighted by Crippen LogP contribution is 2.16. The fourth-order valence-electron chi connectivity index (χ4n) is 2.09. The molecule has 2 N–H and O–H groups in total. The van der Waals surface area contributed by atoms with Gasteiger partial charge >= 0.3 is 5.97 Å². The van der Waals surface area contributed by atoms with E-state index in [9.17, 15) is 9.59 Å². The number of benzene rings is 1. The van der Waals surface area contributed by atoms with Crippen LogP contribution in [0.5, 0.6) is 0 Å². The molecule has 0 bridgehead atoms. The Morgan fingerprint density at radius 1 is 1.12 bits per heavy atom. The Kier molecular flexibility index (Phi) is 6.47. The van der Waals surface area contributed by atoms with Crippen LogP contribution < -0.4 is 10.6 Å². The summed E-state index contributed by atoms with van der Waals surface area (Å²) >= 11 is 0. The molecule has 0 aliphatic carbocycles. The monoisotopic (exact) mass is 342 g/mol. The lowest BCUT2D eigenvalue weighted by molar-refractivity contribution is 0.0600. The van der Waals surface area contributed by atoms with Gasteiger partial charge in [0.05, 0.1) is 12.7 Å². The maximum atomic E-state index is 12.1. The van der Waals surface area contributed by atoms with E-state index in [0.717, 1.165) is 12.2 Å². The molecule has 0 atom stereocenters. The van der Waals surface area contributed by atoms with Crippen LogP contribution in [0.15, 0.2) is 42.6 Å². The number of hydrogen-bond acceptors (Lipinski definition) is 6. The van der Waals surface area contributed by atoms with Crippen LogP contribution in [0.2, 0.25) is 0 Å². The SMILES string of the molecule is COC(=O)c1ccc(Nc2cc(C(=O)NCCN(C)C)ccn2)cc1. The summed E-state index contributed by atoms with van der Waals surface area (Å²) in [5.41, 5.74) is 1.75. The van der Waals surface area contributed by atoms with Gasteiger partial charge in [-0.05, 0) is 50.5 Å². The first-order valence-corrected chi connectivity index (χ1v) is 7.84. The quantitative estimate of drug-likeness (QED) is 0.748. The Labute approximate surface area is 147 Å². The molecule has 0 saturated carbocycles. The van der Waals surface area contributed by atoms with E-state index in [1.54, 1.807) is 42.6 Å². The highest BCUT2D eigenvalue weighted by Gasteiger charge is 2.08. The van der Waals surface area contributed by atoms with Crippen molar-refractivity contribution in [3.8, 4) is 0 Å². The molecule has 1 aromatic carbocycles. The van der Waals surface area contributed by atoms with Crippen LogP contribution in [0.1, 0.15) is 20.7 Å². The van der Waals surface area contributed by atoms with Gasteiger partial charge in [0.25, 0.3) is 5.91 Å². The summed E-state index contributed by atoms with van der Waals surface area (Å²) in [7, 11) is 5.24. The zero-order valence-electron chi connectivity index (χ0n) is 14.6. The Morgan fingerprint density at radius 2 is 1.84 bits per heavy atom. The van der Waals surface area contributed by atoms with Crippen LogP contribution in [0, 0.1) is 0 Å². The van der Waals surface area contributed by atoms with Crippen LogP contribution in [-0.2, 0) is 4.74 Å². The van der Waals surface area contributed by atoms with Crippen molar-refractivity contribution in [1.82, 2.24) is 15.2 Å². The number of carbonyl (C=O) groups is 2. The molecule has 1 heterocycles. The normalized spacial score (nSPS) is 10.4. The maximum absolute atomic E-state index is 12.1. The number of nitrogens with zero attached hydrogens (tertiary/aromatic N) is 2. The zero-order chi connectivity index (χ0) is 18.2. The number of amides is 1. The van der Waals surface area contributed by atoms with E-state index in [2.05, 4.69) is 20.4 Å². The number of esters is 1. The molecule has 0 unspecified atom stereocenters. The molecule has 0 spiro atoms. The number of likely N-dealkylation sites (N-methyl/N-ethyl adjacent to an activating group) is 1. The third-order valence-electron chi connectivity index (χ3n) is 3.45. The predicted octanol–water partition coefficient (Wildman–Crippen LogP) is 1.90. The van der Waals surface area contributed by atoms with Crippen LogP contribution in [0.25, 0.3) is 0 Å². The molecule has 0 fully saturated rings. The molecule has 132 valence electrons. The smallest absolute Gasteiger partial charge is 0.337 e. The third-order valence-corrected chi connectivity index (χ3v) is 3.45. The Morgan fingerprint density at radius 3 is 2.48 bits per heavy atom. The summed E-state index contributed by atoms with van der Waals surface area (Å²) < 4.78 is 4.66. The first-order chi connectivity index (χ1) is 12.0. The Hall–Kier alpha value is -2.93. The second-order valence-electron chi connectivity index (χ2n) is 5.68. The highest BCUT2D eigenvalue weighted by molar-refractivity contribution is 5.95. The van der Waals surface area contributed by atoms with Gasteiger partial charge < -0.3 is 20.3 Å². The van der Waals surface area contributed by atoms with Crippen molar-refractivity contribution < 1.29 is 14.3 Å². The molecule has 2 aromatic rings. The molecule has 2 rings (SSSR count). The minimum Gasteiger partial charge on any atom is -0.465 e. The van der Waals surface area contributed by atoms with Crippen molar-refractivity contribution in [3.05, 3.63) is 53.7 Å². The van der Waals surface area contributed by atoms with Crippen molar-refractivity contribution in [2.24, 2.45) is 0 Å². The lowest BCUT2D eigenvalue weighted by Crippen LogP contribution is -2.31. The summed E-state index contributed by atoms with van der Waals surface area (Å²) in [6, 6.07) is 10.2. The third kappa shape index (κ3) is 5.58. The number of methoxy groups -OCH3 is 1. The van der Waals surface area contributed by atoms with Crippen LogP contribution >= 0.6 is 0 Å². The van der Waals surface area contributed by atoms with E-state index in [1.807, 2.05) is 19.0 Å². The molecule has 0 aliphatic rings. The van der Waals surface area contributed by atoms with E-state index in [4.69, 9.17) is 0 Å². The van der Waals surface area contributed by atoms with Crippen LogP contribution in [-0.4, -0.2) is 56.1 Å². The van der Waals surface area contributed by atoms with Gasteiger partial charge in [-0.1, -0.05) is 0 Å². The lowest BCUT2D eigenvalue weighted by Gasteiger charge is -2.11. The first-order valence-electron chi connectivity index (χ1n) is 7.84. The van der Waals surface area contributed by atoms with Crippen molar-refractivity contribution in [3.63, 3.8) is 0 Å². The fraction of sp³-hybridized carbons (Fsp3) is 0.278. The van der Waals surface area contributed by atoms with Gasteiger partial charge in [0, 0.05) is 30.5 Å². The van der Waals surface area contributed by atoms with Gasteiger partial charge in [-0.3, -0.25) is 4.79 Å². The molecule has 0 aliphatic heterocycles. The van der Waals surface area contributed by atoms with E-state index >= 15 is 0 Å². The Bertz CT molecular complexity index is 729. The molecule has 7 heteroatoms. The predicted molar refractivity (Wildman–Crippen MR) is 96.2 cm³/mol. The van der Waals surface area contributed by atoms with E-state index < -0.39 is 0 Å². The average Bonchev–Trinajstić information content (AvgIpc) is 2.61. The lowest BCUT2D eigenvalue weighted by atomic mass is 10.2. The van der Waals surface area contributed by atoms with Gasteiger partial charge in [-0.2, -0.15) is 0 Å². The van der Waals surface area contributed by atoms with Gasteiger partial charge in [-0.25, -0.2) is 9.78 Å². The summed E-state index contributed by atoms with van der Waals surface area (Å²) in [4.78, 5) is 29.8. The van der Waals surface area contributed by atoms with E-state index in [0.29, 0.717) is 23.5 Å². The summed E-state index contributed by atoms with van der Waals surface area (Å²) in [6.07, 6.45) is 1.58. The molecular formula is C18H22N4O3. The number of hydrogen-bond donors (Lipinski definition) is 2. The van der Waals surface area contributed by atoms with Gasteiger partial charge in [0.1, 0.15) is 5.82 Å². The van der Waals surface area contributed by atoms with E-state index in [1.165, 1.54) is 7.11 Å². The second kappa shape index (κ2) is 8.79. The summed E-state index contributed by atoms with van der Waals surface area (Å²) in [6.45, 7) is 1.35. The molecule has 1 aromatic heterocycles. The summed E-state index contributed by atoms with van der Waals surface area (Å²) in [5, 5.41) is 5.97. The number of nitrogens with one attached hydrogen (secondary N) is 2. The highest BCUT2D eigenvalue weighted by atomic mass is 16.5. The molecule has 7 nitrogen and oxygen atoms in total. The number of rotatable bonds is 7. The number of carbonyl (C=O) groups excluding carboxylic acids is 2. The topological polar surface area (TPSA) is 83.6 Å². The van der Waals surface area contributed by atoms with Crippen molar-refractivity contribution >= 4 is 23.4 Å². The molecule has 25 heavy (non-hydrogen) atoms. The Balaban J connectivity index is 2.01. The number of ether oxygens (including phenoxy) is 1. The van der Waals surface area contributed by atoms with Crippen molar-refractivity contribution in [2.75, 3.05) is 39.6 Å². The van der Waals surface area contributed by atoms with Gasteiger partial charge in [0.2, 0.25) is 0 Å². The van der Waals surface area contributed by atoms with Gasteiger partial charge in [0.15, 0.2) is 0 Å². The molecule has 1 amide bonds. The van der Waals surface area contributed by atoms with Crippen molar-refractivity contribution in [1.29, 1.82) is 0 Å². The largest absolute Gasteiger partial charge is 0.465 e. The standard InChI is InChI=1S/C18H22N4O3/c1-22(2)11-10-20-17(23)14-8-9-19-16(12-14)21-15-6-4-13(5-7-15)18(24)25-3/h4-9,12H,10-11H2,1-3H3,(H,19,21)(H,20,23). The van der Waals surface area contributed by atoms with Crippen molar-refractivity contribution in [2.45, 2.75) is 0 Å². The minimum atomic E-state index is -0.388. The molecule has 0 radical (unpaired) electrons. The number of pyridine rings is 1. The average molecular weight is 342 g/mol. The van der Waals surface area contributed by atoms with E-state index in [-0.39, 0.29) is 11.9 Å². The second-order valence-corrected chi connectivity index (χ2v) is 5.68. The van der Waals surface area contributed by atoms with Gasteiger partial charge in [-0.15, -0.1) is 0 Å². The maximum Gasteiger partial charge on any atom is 0.337 e. The first kappa shape index (κ1) is 18.4. The fourth-order valence-corrected chi connectivity index (χ4v) is 2.09. The minimum absolute atomic E-state index is 0.145. The number of anilines is 2. The molecular weight excluding hydrogens is 320 g/mol. The summed E-state index contributed by atoms with van der Waals surface area (Å²) in [5.74, 6) is 0.0143. The number of aromatic nitrogens is 1. The molecule has 0 saturated heterocycles.